The van der Waals surface area contributed by atoms with Crippen molar-refractivity contribution in [2.24, 2.45) is 0 Å². The molecule has 0 radical (unpaired) electrons. The maximum atomic E-state index is 9.57. The fraction of sp³-hybridized carbons (Fsp3) is 0.800. The van der Waals surface area contributed by atoms with E-state index in [9.17, 15) is 5.11 Å². The second kappa shape index (κ2) is 4.28. The van der Waals surface area contributed by atoms with E-state index in [0.29, 0.717) is 18.3 Å². The van der Waals surface area contributed by atoms with E-state index in [0.717, 1.165) is 19.4 Å². The molecule has 1 aliphatic rings. The molecule has 0 bridgehead atoms. The van der Waals surface area contributed by atoms with Crippen molar-refractivity contribution in [2.75, 3.05) is 13.1 Å². The zero-order valence-corrected chi connectivity index (χ0v) is 9.18. The third kappa shape index (κ3) is 2.35. The summed E-state index contributed by atoms with van der Waals surface area (Å²) in [6.45, 7) is 5.50. The number of aliphatic hydroxyl groups excluding tert-OH is 1. The third-order valence-corrected chi connectivity index (χ3v) is 2.87. The van der Waals surface area contributed by atoms with E-state index in [-0.39, 0.29) is 12.1 Å². The van der Waals surface area contributed by atoms with Crippen molar-refractivity contribution in [3.05, 3.63) is 11.8 Å². The highest BCUT2D eigenvalue weighted by Crippen LogP contribution is 2.22. The summed E-state index contributed by atoms with van der Waals surface area (Å²) in [5, 5.41) is 17.4. The van der Waals surface area contributed by atoms with E-state index in [2.05, 4.69) is 15.1 Å². The maximum absolute atomic E-state index is 9.57. The lowest BCUT2D eigenvalue weighted by Gasteiger charge is -2.32. The first-order valence-electron chi connectivity index (χ1n) is 5.39. The summed E-state index contributed by atoms with van der Waals surface area (Å²) in [5.74, 6) is 1.23. The molecule has 1 aromatic rings. The summed E-state index contributed by atoms with van der Waals surface area (Å²) < 4.78 is 5.39. The molecule has 1 aromatic heterocycles. The van der Waals surface area contributed by atoms with Crippen LogP contribution in [0, 0.1) is 6.92 Å². The van der Waals surface area contributed by atoms with Gasteiger partial charge in [-0.3, -0.25) is 4.90 Å². The average molecular weight is 211 g/mol. The van der Waals surface area contributed by atoms with Crippen LogP contribution in [0.4, 0.5) is 0 Å². The SMILES string of the molecule is Cc1nnc(C(C)N2CCCC(O)C2)o1. The molecule has 84 valence electrons. The molecule has 5 nitrogen and oxygen atoms in total. The molecule has 5 heteroatoms. The van der Waals surface area contributed by atoms with Gasteiger partial charge in [-0.25, -0.2) is 0 Å². The lowest BCUT2D eigenvalue weighted by atomic mass is 10.1. The zero-order chi connectivity index (χ0) is 10.8. The Kier molecular flexibility index (Phi) is 3.02. The minimum absolute atomic E-state index is 0.0983. The van der Waals surface area contributed by atoms with Crippen LogP contribution in [0.3, 0.4) is 0 Å². The van der Waals surface area contributed by atoms with Gasteiger partial charge in [0.05, 0.1) is 12.1 Å². The van der Waals surface area contributed by atoms with Gasteiger partial charge in [-0.2, -0.15) is 0 Å². The number of β-amino-alcohol motifs (C(OH)–C–C–N with tert-alkyl or cyclic N) is 1. The Morgan fingerprint density at radius 3 is 2.93 bits per heavy atom. The second-order valence-electron chi connectivity index (χ2n) is 4.13. The monoisotopic (exact) mass is 211 g/mol. The molecule has 1 aliphatic heterocycles. The van der Waals surface area contributed by atoms with Gasteiger partial charge in [-0.15, -0.1) is 10.2 Å². The highest BCUT2D eigenvalue weighted by molar-refractivity contribution is 4.90. The van der Waals surface area contributed by atoms with E-state index in [1.165, 1.54) is 0 Å². The molecule has 2 atom stereocenters. The van der Waals surface area contributed by atoms with Gasteiger partial charge >= 0.3 is 0 Å². The number of aromatic nitrogens is 2. The van der Waals surface area contributed by atoms with E-state index in [1.807, 2.05) is 6.92 Å². The number of likely N-dealkylation sites (tertiary alicyclic amines) is 1. The maximum Gasteiger partial charge on any atom is 0.233 e. The Labute approximate surface area is 89.1 Å². The van der Waals surface area contributed by atoms with Crippen molar-refractivity contribution < 1.29 is 9.52 Å². The number of rotatable bonds is 2. The molecule has 0 amide bonds. The van der Waals surface area contributed by atoms with Gasteiger partial charge in [0.25, 0.3) is 0 Å². The number of aliphatic hydroxyl groups is 1. The van der Waals surface area contributed by atoms with Crippen LogP contribution < -0.4 is 0 Å². The summed E-state index contributed by atoms with van der Waals surface area (Å²) >= 11 is 0. The summed E-state index contributed by atoms with van der Waals surface area (Å²) in [7, 11) is 0. The topological polar surface area (TPSA) is 62.4 Å². The fourth-order valence-electron chi connectivity index (χ4n) is 1.97. The molecular formula is C10H17N3O2. The lowest BCUT2D eigenvalue weighted by molar-refractivity contribution is 0.0436. The van der Waals surface area contributed by atoms with Crippen molar-refractivity contribution in [1.82, 2.24) is 15.1 Å². The molecule has 2 heterocycles. The molecule has 2 rings (SSSR count). The fourth-order valence-corrected chi connectivity index (χ4v) is 1.97. The highest BCUT2D eigenvalue weighted by atomic mass is 16.4. The second-order valence-corrected chi connectivity index (χ2v) is 4.13. The minimum atomic E-state index is -0.217. The molecule has 2 unspecified atom stereocenters. The quantitative estimate of drug-likeness (QED) is 0.787. The Morgan fingerprint density at radius 1 is 1.53 bits per heavy atom. The molecule has 1 saturated heterocycles. The van der Waals surface area contributed by atoms with Crippen molar-refractivity contribution in [1.29, 1.82) is 0 Å². The number of aryl methyl sites for hydroxylation is 1. The van der Waals surface area contributed by atoms with Gasteiger partial charge in [0, 0.05) is 13.5 Å². The molecule has 0 aromatic carbocycles. The van der Waals surface area contributed by atoms with Crippen LogP contribution in [0.2, 0.25) is 0 Å². The predicted octanol–water partition coefficient (Wildman–Crippen LogP) is 0.896. The first-order chi connectivity index (χ1) is 7.16. The Bertz CT molecular complexity index is 326. The average Bonchev–Trinajstić information content (AvgIpc) is 2.64. The number of nitrogens with zero attached hydrogens (tertiary/aromatic N) is 3. The molecule has 1 fully saturated rings. The van der Waals surface area contributed by atoms with Crippen LogP contribution in [0.1, 0.15) is 37.6 Å². The minimum Gasteiger partial charge on any atom is -0.424 e. The van der Waals surface area contributed by atoms with Gasteiger partial charge in [0.2, 0.25) is 11.8 Å². The molecule has 15 heavy (non-hydrogen) atoms. The van der Waals surface area contributed by atoms with Crippen LogP contribution in [0.25, 0.3) is 0 Å². The van der Waals surface area contributed by atoms with Crippen molar-refractivity contribution in [3.63, 3.8) is 0 Å². The molecule has 0 saturated carbocycles. The smallest absolute Gasteiger partial charge is 0.233 e. The summed E-state index contributed by atoms with van der Waals surface area (Å²) in [6.07, 6.45) is 1.70. The van der Waals surface area contributed by atoms with Gasteiger partial charge < -0.3 is 9.52 Å². The van der Waals surface area contributed by atoms with E-state index in [1.54, 1.807) is 6.92 Å². The van der Waals surface area contributed by atoms with Crippen LogP contribution in [0.5, 0.6) is 0 Å². The largest absolute Gasteiger partial charge is 0.424 e. The number of piperidine rings is 1. The van der Waals surface area contributed by atoms with Crippen LogP contribution >= 0.6 is 0 Å². The van der Waals surface area contributed by atoms with E-state index >= 15 is 0 Å². The number of hydrogen-bond acceptors (Lipinski definition) is 5. The van der Waals surface area contributed by atoms with Gasteiger partial charge in [0.15, 0.2) is 0 Å². The molecule has 0 aliphatic carbocycles. The Morgan fingerprint density at radius 2 is 2.33 bits per heavy atom. The predicted molar refractivity (Wildman–Crippen MR) is 54.3 cm³/mol. The van der Waals surface area contributed by atoms with Crippen molar-refractivity contribution in [3.8, 4) is 0 Å². The van der Waals surface area contributed by atoms with Crippen LogP contribution in [-0.4, -0.2) is 39.4 Å². The lowest BCUT2D eigenvalue weighted by Crippen LogP contribution is -2.39. The van der Waals surface area contributed by atoms with Gasteiger partial charge in [0.1, 0.15) is 0 Å². The van der Waals surface area contributed by atoms with Crippen molar-refractivity contribution in [2.45, 2.75) is 38.8 Å². The zero-order valence-electron chi connectivity index (χ0n) is 9.18. The van der Waals surface area contributed by atoms with Gasteiger partial charge in [-0.05, 0) is 26.3 Å². The van der Waals surface area contributed by atoms with Crippen molar-refractivity contribution >= 4 is 0 Å². The van der Waals surface area contributed by atoms with Crippen LogP contribution in [0.15, 0.2) is 4.42 Å². The molecule has 1 N–H and O–H groups in total. The van der Waals surface area contributed by atoms with E-state index < -0.39 is 0 Å². The Hall–Kier alpha value is -0.940. The van der Waals surface area contributed by atoms with E-state index in [4.69, 9.17) is 4.42 Å². The standard InChI is InChI=1S/C10H17N3O2/c1-7(10-12-11-8(2)15-10)13-5-3-4-9(14)6-13/h7,9,14H,3-6H2,1-2H3. The number of hydrogen-bond donors (Lipinski definition) is 1. The summed E-state index contributed by atoms with van der Waals surface area (Å²) in [5.41, 5.74) is 0. The van der Waals surface area contributed by atoms with Gasteiger partial charge in [-0.1, -0.05) is 0 Å². The molecular weight excluding hydrogens is 194 g/mol. The summed E-state index contributed by atoms with van der Waals surface area (Å²) in [6, 6.07) is 0.0983. The molecule has 0 spiro atoms. The Balaban J connectivity index is 2.03. The highest BCUT2D eigenvalue weighted by Gasteiger charge is 2.25. The third-order valence-electron chi connectivity index (χ3n) is 2.87. The van der Waals surface area contributed by atoms with Crippen LogP contribution in [-0.2, 0) is 0 Å². The first kappa shape index (κ1) is 10.6. The normalized spacial score (nSPS) is 25.4. The summed E-state index contributed by atoms with van der Waals surface area (Å²) in [4.78, 5) is 2.18. The first-order valence-corrected chi connectivity index (χ1v) is 5.39.